The molecule has 0 radical (unpaired) electrons. The highest BCUT2D eigenvalue weighted by molar-refractivity contribution is 7.81. The molecule has 17 heavy (non-hydrogen) atoms. The number of rotatable bonds is 4. The van der Waals surface area contributed by atoms with Gasteiger partial charge in [0, 0.05) is 0 Å². The Kier molecular flexibility index (Phi) is 3.49. The zero-order chi connectivity index (χ0) is 12.3. The number of carboxylic acids is 1. The molecule has 2 nitrogen and oxygen atoms in total. The number of allylic oxidation sites excluding steroid dienone is 9. The van der Waals surface area contributed by atoms with Crippen molar-refractivity contribution in [1.82, 2.24) is 0 Å². The Bertz CT molecular complexity index is 516. The van der Waals surface area contributed by atoms with Gasteiger partial charge in [-0.25, -0.2) is 4.79 Å². The van der Waals surface area contributed by atoms with Crippen LogP contribution in [0.1, 0.15) is 12.8 Å². The Balaban J connectivity index is 2.23. The first kappa shape index (κ1) is 11.7. The number of carboxylic acid groups (broad SMARTS) is 1. The van der Waals surface area contributed by atoms with Gasteiger partial charge >= 0.3 is 5.97 Å². The Hall–Kier alpha value is -1.74. The summed E-state index contributed by atoms with van der Waals surface area (Å²) in [5, 5.41) is 9.21. The van der Waals surface area contributed by atoms with Crippen molar-refractivity contribution in [2.45, 2.75) is 12.8 Å². The summed E-state index contributed by atoms with van der Waals surface area (Å²) in [6.07, 6.45) is 14.7. The lowest BCUT2D eigenvalue weighted by molar-refractivity contribution is -0.132. The van der Waals surface area contributed by atoms with Gasteiger partial charge in [-0.3, -0.25) is 0 Å². The van der Waals surface area contributed by atoms with Crippen molar-refractivity contribution < 1.29 is 9.90 Å². The summed E-state index contributed by atoms with van der Waals surface area (Å²) in [6, 6.07) is 0. The highest BCUT2D eigenvalue weighted by atomic mass is 32.1. The maximum absolute atomic E-state index is 11.2. The second-order valence-corrected chi connectivity index (χ2v) is 4.30. The topological polar surface area (TPSA) is 37.3 Å². The molecular formula is C14H12O2S. The minimum Gasteiger partial charge on any atom is -0.478 e. The molecule has 0 fully saturated rings. The van der Waals surface area contributed by atoms with Crippen LogP contribution in [0.15, 0.2) is 59.3 Å². The fraction of sp³-hybridized carbons (Fsp3) is 0.143. The van der Waals surface area contributed by atoms with E-state index in [1.807, 2.05) is 36.5 Å². The summed E-state index contributed by atoms with van der Waals surface area (Å²) in [6.45, 7) is 0. The van der Waals surface area contributed by atoms with Crippen molar-refractivity contribution in [2.24, 2.45) is 0 Å². The van der Waals surface area contributed by atoms with E-state index in [1.54, 1.807) is 6.08 Å². The SMILES string of the molecule is O=C(O)C(=CC1=CC=CC1)C(=S)C1=CC=CC1. The molecule has 0 aromatic carbocycles. The first-order valence-electron chi connectivity index (χ1n) is 5.39. The normalized spacial score (nSPS) is 18.2. The summed E-state index contributed by atoms with van der Waals surface area (Å²) in [5.74, 6) is -0.962. The predicted molar refractivity (Wildman–Crippen MR) is 72.0 cm³/mol. The maximum atomic E-state index is 11.2. The zero-order valence-electron chi connectivity index (χ0n) is 9.22. The fourth-order valence-electron chi connectivity index (χ4n) is 1.77. The molecule has 0 heterocycles. The molecule has 2 aliphatic rings. The van der Waals surface area contributed by atoms with Gasteiger partial charge in [0.05, 0.1) is 10.4 Å². The number of hydrogen-bond donors (Lipinski definition) is 1. The number of hydrogen-bond acceptors (Lipinski definition) is 2. The average Bonchev–Trinajstić information content (AvgIpc) is 2.97. The van der Waals surface area contributed by atoms with E-state index in [1.165, 1.54) is 0 Å². The molecule has 0 bridgehead atoms. The molecule has 3 heteroatoms. The molecule has 0 aliphatic heterocycles. The van der Waals surface area contributed by atoms with Gasteiger partial charge in [0.1, 0.15) is 0 Å². The van der Waals surface area contributed by atoms with Crippen molar-refractivity contribution in [3.05, 3.63) is 59.3 Å². The van der Waals surface area contributed by atoms with E-state index in [4.69, 9.17) is 12.2 Å². The van der Waals surface area contributed by atoms with E-state index in [2.05, 4.69) is 0 Å². The molecule has 0 spiro atoms. The molecule has 1 N–H and O–H groups in total. The van der Waals surface area contributed by atoms with Gasteiger partial charge in [-0.05, 0) is 30.1 Å². The fourth-order valence-corrected chi connectivity index (χ4v) is 2.07. The van der Waals surface area contributed by atoms with Crippen LogP contribution < -0.4 is 0 Å². The van der Waals surface area contributed by atoms with Crippen molar-refractivity contribution in [3.8, 4) is 0 Å². The molecule has 2 rings (SSSR count). The van der Waals surface area contributed by atoms with E-state index in [9.17, 15) is 9.90 Å². The minimum atomic E-state index is -0.962. The molecule has 86 valence electrons. The van der Waals surface area contributed by atoms with Crippen molar-refractivity contribution in [3.63, 3.8) is 0 Å². The van der Waals surface area contributed by atoms with Crippen LogP contribution in [0.3, 0.4) is 0 Å². The Morgan fingerprint density at radius 3 is 2.47 bits per heavy atom. The Labute approximate surface area is 105 Å². The molecule has 0 unspecified atom stereocenters. The highest BCUT2D eigenvalue weighted by Gasteiger charge is 2.18. The third-order valence-electron chi connectivity index (χ3n) is 2.67. The monoisotopic (exact) mass is 244 g/mol. The highest BCUT2D eigenvalue weighted by Crippen LogP contribution is 2.21. The lowest BCUT2D eigenvalue weighted by atomic mass is 10.0. The van der Waals surface area contributed by atoms with Gasteiger partial charge in [-0.2, -0.15) is 0 Å². The molecule has 2 aliphatic carbocycles. The van der Waals surface area contributed by atoms with Crippen LogP contribution in [-0.2, 0) is 4.79 Å². The average molecular weight is 244 g/mol. The summed E-state index contributed by atoms with van der Waals surface area (Å²) in [5.41, 5.74) is 2.10. The maximum Gasteiger partial charge on any atom is 0.337 e. The van der Waals surface area contributed by atoms with Crippen molar-refractivity contribution >= 4 is 23.1 Å². The number of carbonyl (C=O) groups is 1. The van der Waals surface area contributed by atoms with Crippen LogP contribution in [-0.4, -0.2) is 15.9 Å². The third-order valence-corrected chi connectivity index (χ3v) is 3.15. The lowest BCUT2D eigenvalue weighted by Gasteiger charge is -2.06. The van der Waals surface area contributed by atoms with Gasteiger partial charge < -0.3 is 5.11 Å². The van der Waals surface area contributed by atoms with E-state index >= 15 is 0 Å². The second-order valence-electron chi connectivity index (χ2n) is 3.89. The first-order valence-corrected chi connectivity index (χ1v) is 5.80. The Morgan fingerprint density at radius 2 is 1.94 bits per heavy atom. The van der Waals surface area contributed by atoms with Crippen LogP contribution in [0.4, 0.5) is 0 Å². The smallest absolute Gasteiger partial charge is 0.337 e. The number of thiocarbonyl (C=S) groups is 1. The summed E-state index contributed by atoms with van der Waals surface area (Å²) in [7, 11) is 0. The predicted octanol–water partition coefficient (Wildman–Crippen LogP) is 3.14. The molecule has 0 aromatic heterocycles. The molecule has 0 saturated carbocycles. The Morgan fingerprint density at radius 1 is 1.24 bits per heavy atom. The molecule has 0 amide bonds. The zero-order valence-corrected chi connectivity index (χ0v) is 10.0. The van der Waals surface area contributed by atoms with Crippen LogP contribution in [0, 0.1) is 0 Å². The second kappa shape index (κ2) is 5.06. The van der Waals surface area contributed by atoms with Gasteiger partial charge in [-0.15, -0.1) is 0 Å². The lowest BCUT2D eigenvalue weighted by Crippen LogP contribution is -2.12. The summed E-state index contributed by atoms with van der Waals surface area (Å²) >= 11 is 5.24. The van der Waals surface area contributed by atoms with Gasteiger partial charge in [0.25, 0.3) is 0 Å². The van der Waals surface area contributed by atoms with Crippen LogP contribution in [0.2, 0.25) is 0 Å². The first-order chi connectivity index (χ1) is 8.18. The molecule has 0 saturated heterocycles. The summed E-state index contributed by atoms with van der Waals surface area (Å²) < 4.78 is 0. The number of aliphatic carboxylic acids is 1. The minimum absolute atomic E-state index is 0.213. The van der Waals surface area contributed by atoms with Crippen LogP contribution >= 0.6 is 12.2 Å². The standard InChI is InChI=1S/C14H12O2S/c15-14(16)12(9-10-5-1-2-6-10)13(17)11-7-3-4-8-11/h1-5,7,9H,6,8H2,(H,15,16). The quantitative estimate of drug-likeness (QED) is 0.609. The van der Waals surface area contributed by atoms with Crippen molar-refractivity contribution in [1.29, 1.82) is 0 Å². The largest absolute Gasteiger partial charge is 0.478 e. The van der Waals surface area contributed by atoms with Crippen molar-refractivity contribution in [2.75, 3.05) is 0 Å². The third kappa shape index (κ3) is 2.68. The van der Waals surface area contributed by atoms with Crippen LogP contribution in [0.25, 0.3) is 0 Å². The van der Waals surface area contributed by atoms with E-state index in [0.29, 0.717) is 4.86 Å². The summed E-state index contributed by atoms with van der Waals surface area (Å²) in [4.78, 5) is 11.7. The van der Waals surface area contributed by atoms with E-state index in [-0.39, 0.29) is 5.57 Å². The molecular weight excluding hydrogens is 232 g/mol. The van der Waals surface area contributed by atoms with Gasteiger partial charge in [0.2, 0.25) is 0 Å². The van der Waals surface area contributed by atoms with Gasteiger partial charge in [0.15, 0.2) is 0 Å². The van der Waals surface area contributed by atoms with E-state index in [0.717, 1.165) is 24.0 Å². The molecule has 0 aromatic rings. The van der Waals surface area contributed by atoms with Crippen LogP contribution in [0.5, 0.6) is 0 Å². The van der Waals surface area contributed by atoms with Gasteiger partial charge in [-0.1, -0.05) is 48.7 Å². The van der Waals surface area contributed by atoms with E-state index < -0.39 is 5.97 Å². The molecule has 0 atom stereocenters.